The minimum Gasteiger partial charge on any atom is -0.478 e. The van der Waals surface area contributed by atoms with E-state index in [0.717, 1.165) is 0 Å². The van der Waals surface area contributed by atoms with E-state index in [9.17, 15) is 13.6 Å². The van der Waals surface area contributed by atoms with Crippen LogP contribution in [0.4, 0.5) is 26.0 Å². The van der Waals surface area contributed by atoms with Gasteiger partial charge in [-0.1, -0.05) is 0 Å². The number of halogens is 2. The first kappa shape index (κ1) is 14.5. The number of nitrogens with two attached hydrogens (primary N) is 1. The predicted octanol–water partition coefficient (Wildman–Crippen LogP) is 2.71. The first-order valence-corrected chi connectivity index (χ1v) is 5.77. The highest BCUT2D eigenvalue weighted by Gasteiger charge is 2.12. The van der Waals surface area contributed by atoms with Gasteiger partial charge in [-0.05, 0) is 30.3 Å². The van der Waals surface area contributed by atoms with Crippen molar-refractivity contribution < 1.29 is 23.4 Å². The average Bonchev–Trinajstić information content (AvgIpc) is 2.42. The number of nitrogen functional groups attached to an aromatic ring is 1. The van der Waals surface area contributed by atoms with Crippen LogP contribution in [0.15, 0.2) is 36.5 Å². The Morgan fingerprint density at radius 3 is 2.52 bits per heavy atom. The SMILES string of the molecule is Nc1c(C(=O)O)ccnc1Nc1ccc(OC(F)F)cc1. The van der Waals surface area contributed by atoms with E-state index >= 15 is 0 Å². The van der Waals surface area contributed by atoms with Crippen molar-refractivity contribution in [2.75, 3.05) is 11.1 Å². The predicted molar refractivity (Wildman–Crippen MR) is 72.0 cm³/mol. The molecule has 1 aromatic carbocycles. The summed E-state index contributed by atoms with van der Waals surface area (Å²) in [5.74, 6) is -0.994. The number of rotatable bonds is 5. The molecular formula is C13H11F2N3O3. The van der Waals surface area contributed by atoms with Crippen molar-refractivity contribution in [1.82, 2.24) is 4.98 Å². The average molecular weight is 295 g/mol. The van der Waals surface area contributed by atoms with Crippen molar-refractivity contribution in [2.24, 2.45) is 0 Å². The van der Waals surface area contributed by atoms with Crippen molar-refractivity contribution in [1.29, 1.82) is 0 Å². The lowest BCUT2D eigenvalue weighted by Crippen LogP contribution is -2.07. The van der Waals surface area contributed by atoms with E-state index in [4.69, 9.17) is 10.8 Å². The number of pyridine rings is 1. The molecule has 0 atom stereocenters. The van der Waals surface area contributed by atoms with E-state index in [-0.39, 0.29) is 22.8 Å². The van der Waals surface area contributed by atoms with Gasteiger partial charge in [0.1, 0.15) is 5.75 Å². The number of nitrogens with one attached hydrogen (secondary N) is 1. The van der Waals surface area contributed by atoms with Crippen molar-refractivity contribution >= 4 is 23.2 Å². The van der Waals surface area contributed by atoms with Crippen molar-refractivity contribution in [3.8, 4) is 5.75 Å². The molecule has 2 aromatic rings. The maximum atomic E-state index is 12.0. The highest BCUT2D eigenvalue weighted by molar-refractivity contribution is 5.96. The van der Waals surface area contributed by atoms with Crippen LogP contribution in [0, 0.1) is 0 Å². The number of hydrogen-bond donors (Lipinski definition) is 3. The molecular weight excluding hydrogens is 284 g/mol. The van der Waals surface area contributed by atoms with Gasteiger partial charge < -0.3 is 20.9 Å². The summed E-state index contributed by atoms with van der Waals surface area (Å²) in [5.41, 5.74) is 6.10. The molecule has 6 nitrogen and oxygen atoms in total. The summed E-state index contributed by atoms with van der Waals surface area (Å²) in [4.78, 5) is 14.9. The van der Waals surface area contributed by atoms with E-state index < -0.39 is 12.6 Å². The molecule has 0 fully saturated rings. The molecule has 0 aliphatic rings. The number of carbonyl (C=O) groups is 1. The summed E-state index contributed by atoms with van der Waals surface area (Å²) in [5, 5.41) is 11.8. The number of nitrogens with zero attached hydrogens (tertiary/aromatic N) is 1. The Morgan fingerprint density at radius 1 is 1.29 bits per heavy atom. The number of carboxylic acid groups (broad SMARTS) is 1. The maximum absolute atomic E-state index is 12.0. The molecule has 0 unspecified atom stereocenters. The standard InChI is InChI=1S/C13H11F2N3O3/c14-13(15)21-8-3-1-7(2-4-8)18-11-10(16)9(12(19)20)5-6-17-11/h1-6,13H,16H2,(H,17,18)(H,19,20). The molecule has 0 aliphatic heterocycles. The van der Waals surface area contributed by atoms with Gasteiger partial charge in [-0.15, -0.1) is 0 Å². The van der Waals surface area contributed by atoms with Gasteiger partial charge in [0.15, 0.2) is 5.82 Å². The quantitative estimate of drug-likeness (QED) is 0.784. The monoisotopic (exact) mass is 295 g/mol. The normalized spacial score (nSPS) is 10.4. The molecule has 0 spiro atoms. The van der Waals surface area contributed by atoms with Gasteiger partial charge in [0.05, 0.1) is 11.3 Å². The number of alkyl halides is 2. The van der Waals surface area contributed by atoms with E-state index in [2.05, 4.69) is 15.0 Å². The minimum absolute atomic E-state index is 0.00997. The summed E-state index contributed by atoms with van der Waals surface area (Å²) in [6.07, 6.45) is 1.30. The number of ether oxygens (including phenoxy) is 1. The summed E-state index contributed by atoms with van der Waals surface area (Å²) in [6, 6.07) is 6.92. The molecule has 0 aliphatic carbocycles. The lowest BCUT2D eigenvalue weighted by Gasteiger charge is -2.10. The Hall–Kier alpha value is -2.90. The highest BCUT2D eigenvalue weighted by atomic mass is 19.3. The third kappa shape index (κ3) is 3.56. The van der Waals surface area contributed by atoms with Crippen LogP contribution in [0.2, 0.25) is 0 Å². The first-order valence-electron chi connectivity index (χ1n) is 5.77. The summed E-state index contributed by atoms with van der Waals surface area (Å²) in [7, 11) is 0. The van der Waals surface area contributed by atoms with Crippen molar-refractivity contribution in [3.05, 3.63) is 42.1 Å². The van der Waals surface area contributed by atoms with Crippen LogP contribution in [-0.4, -0.2) is 22.7 Å². The second kappa shape index (κ2) is 6.04. The smallest absolute Gasteiger partial charge is 0.387 e. The molecule has 8 heteroatoms. The third-order valence-electron chi connectivity index (χ3n) is 2.56. The molecule has 0 saturated heterocycles. The molecule has 1 aromatic heterocycles. The topological polar surface area (TPSA) is 97.5 Å². The second-order valence-electron chi connectivity index (χ2n) is 3.95. The number of hydrogen-bond acceptors (Lipinski definition) is 5. The van der Waals surface area contributed by atoms with Gasteiger partial charge in [-0.2, -0.15) is 8.78 Å². The van der Waals surface area contributed by atoms with Gasteiger partial charge in [-0.3, -0.25) is 0 Å². The van der Waals surface area contributed by atoms with Gasteiger partial charge in [0.2, 0.25) is 0 Å². The molecule has 110 valence electrons. The summed E-state index contributed by atoms with van der Waals surface area (Å²) < 4.78 is 28.3. The van der Waals surface area contributed by atoms with E-state index in [1.54, 1.807) is 0 Å². The second-order valence-corrected chi connectivity index (χ2v) is 3.95. The summed E-state index contributed by atoms with van der Waals surface area (Å²) in [6.45, 7) is -2.90. The summed E-state index contributed by atoms with van der Waals surface area (Å²) >= 11 is 0. The molecule has 0 radical (unpaired) electrons. The fourth-order valence-corrected chi connectivity index (χ4v) is 1.62. The molecule has 2 rings (SSSR count). The lowest BCUT2D eigenvalue weighted by atomic mass is 10.2. The van der Waals surface area contributed by atoms with Crippen molar-refractivity contribution in [3.63, 3.8) is 0 Å². The number of benzene rings is 1. The number of aromatic nitrogens is 1. The molecule has 0 bridgehead atoms. The van der Waals surface area contributed by atoms with Crippen LogP contribution in [0.1, 0.15) is 10.4 Å². The Balaban J connectivity index is 2.19. The third-order valence-corrected chi connectivity index (χ3v) is 2.56. The van der Waals surface area contributed by atoms with Gasteiger partial charge in [-0.25, -0.2) is 9.78 Å². The minimum atomic E-state index is -2.90. The van der Waals surface area contributed by atoms with E-state index in [0.29, 0.717) is 5.69 Å². The molecule has 4 N–H and O–H groups in total. The molecule has 1 heterocycles. The number of aromatic carboxylic acids is 1. The van der Waals surface area contributed by atoms with Crippen LogP contribution in [0.5, 0.6) is 5.75 Å². The van der Waals surface area contributed by atoms with E-state index in [1.807, 2.05) is 0 Å². The fraction of sp³-hybridized carbons (Fsp3) is 0.0769. The zero-order valence-corrected chi connectivity index (χ0v) is 10.6. The van der Waals surface area contributed by atoms with Crippen LogP contribution < -0.4 is 15.8 Å². The first-order chi connectivity index (χ1) is 9.97. The van der Waals surface area contributed by atoms with Gasteiger partial charge in [0.25, 0.3) is 0 Å². The van der Waals surface area contributed by atoms with Gasteiger partial charge >= 0.3 is 12.6 Å². The van der Waals surface area contributed by atoms with Gasteiger partial charge in [0, 0.05) is 11.9 Å². The van der Waals surface area contributed by atoms with Crippen LogP contribution in [0.25, 0.3) is 0 Å². The zero-order chi connectivity index (χ0) is 15.4. The Labute approximate surface area is 118 Å². The Bertz CT molecular complexity index is 648. The van der Waals surface area contributed by atoms with Crippen LogP contribution in [-0.2, 0) is 0 Å². The Morgan fingerprint density at radius 2 is 1.95 bits per heavy atom. The molecule has 0 amide bonds. The van der Waals surface area contributed by atoms with Crippen LogP contribution >= 0.6 is 0 Å². The number of anilines is 3. The molecule has 21 heavy (non-hydrogen) atoms. The maximum Gasteiger partial charge on any atom is 0.387 e. The fourth-order valence-electron chi connectivity index (χ4n) is 1.62. The zero-order valence-electron chi connectivity index (χ0n) is 10.6. The van der Waals surface area contributed by atoms with Crippen molar-refractivity contribution in [2.45, 2.75) is 6.61 Å². The largest absolute Gasteiger partial charge is 0.478 e. The van der Waals surface area contributed by atoms with E-state index in [1.165, 1.54) is 36.5 Å². The van der Waals surface area contributed by atoms with Crippen LogP contribution in [0.3, 0.4) is 0 Å². The highest BCUT2D eigenvalue weighted by Crippen LogP contribution is 2.25. The number of carboxylic acids is 1. The Kier molecular flexibility index (Phi) is 4.17. The lowest BCUT2D eigenvalue weighted by molar-refractivity contribution is -0.0498. The molecule has 0 saturated carbocycles.